The smallest absolute Gasteiger partial charge is 0.256 e. The summed E-state index contributed by atoms with van der Waals surface area (Å²) >= 11 is 0. The molecule has 0 spiro atoms. The first-order valence-electron chi connectivity index (χ1n) is 9.39. The summed E-state index contributed by atoms with van der Waals surface area (Å²) in [7, 11) is 3.11. The van der Waals surface area contributed by atoms with Crippen LogP contribution in [-0.2, 0) is 0 Å². The summed E-state index contributed by atoms with van der Waals surface area (Å²) in [4.78, 5) is 20.9. The molecule has 31 heavy (non-hydrogen) atoms. The number of nitrogen functional groups attached to an aromatic ring is 1. The van der Waals surface area contributed by atoms with Crippen molar-refractivity contribution in [1.29, 1.82) is 0 Å². The molecular weight excluding hydrogens is 396 g/mol. The molecule has 156 valence electrons. The minimum absolute atomic E-state index is 0.131. The molecule has 1 heterocycles. The highest BCUT2D eigenvalue weighted by molar-refractivity contribution is 6.13. The van der Waals surface area contributed by atoms with Gasteiger partial charge in [0.05, 0.1) is 14.2 Å². The fourth-order valence-electron chi connectivity index (χ4n) is 3.14. The predicted molar refractivity (Wildman–Crippen MR) is 118 cm³/mol. The van der Waals surface area contributed by atoms with Crippen LogP contribution in [0.4, 0.5) is 11.6 Å². The molecule has 0 unspecified atom stereocenters. The number of methoxy groups -OCH3 is 2. The van der Waals surface area contributed by atoms with E-state index < -0.39 is 0 Å². The van der Waals surface area contributed by atoms with E-state index in [1.54, 1.807) is 50.6 Å². The molecule has 0 aliphatic heterocycles. The highest BCUT2D eigenvalue weighted by atomic mass is 16.5. The summed E-state index contributed by atoms with van der Waals surface area (Å²) in [5.74, 6) is 1.96. The van der Waals surface area contributed by atoms with Gasteiger partial charge in [0.2, 0.25) is 11.8 Å². The molecule has 0 saturated heterocycles. The predicted octanol–water partition coefficient (Wildman–Crippen LogP) is 4.27. The summed E-state index contributed by atoms with van der Waals surface area (Å²) in [6, 6.07) is 17.7. The Morgan fingerprint density at radius 1 is 0.935 bits per heavy atom. The Hall–Kier alpha value is -4.33. The molecule has 1 amide bonds. The van der Waals surface area contributed by atoms with Crippen LogP contribution in [0.1, 0.15) is 10.4 Å². The number of fused-ring (bicyclic) bond motifs is 1. The van der Waals surface area contributed by atoms with Gasteiger partial charge in [-0.05, 0) is 35.0 Å². The Bertz CT molecular complexity index is 1240. The second-order valence-electron chi connectivity index (χ2n) is 6.60. The molecule has 1 aromatic heterocycles. The highest BCUT2D eigenvalue weighted by Crippen LogP contribution is 2.29. The van der Waals surface area contributed by atoms with Crippen LogP contribution in [0.15, 0.2) is 66.9 Å². The van der Waals surface area contributed by atoms with Crippen molar-refractivity contribution in [2.24, 2.45) is 0 Å². The molecule has 0 aliphatic rings. The summed E-state index contributed by atoms with van der Waals surface area (Å²) < 4.78 is 16.3. The van der Waals surface area contributed by atoms with Crippen molar-refractivity contribution in [3.05, 3.63) is 72.4 Å². The number of hydrogen-bond acceptors (Lipinski definition) is 7. The summed E-state index contributed by atoms with van der Waals surface area (Å²) in [6.45, 7) is 0. The lowest BCUT2D eigenvalue weighted by Gasteiger charge is -2.12. The maximum absolute atomic E-state index is 13.0. The molecule has 4 rings (SSSR count). The Kier molecular flexibility index (Phi) is 5.53. The lowest BCUT2D eigenvalue weighted by Crippen LogP contribution is -2.12. The zero-order valence-corrected chi connectivity index (χ0v) is 17.0. The Morgan fingerprint density at radius 3 is 2.42 bits per heavy atom. The summed E-state index contributed by atoms with van der Waals surface area (Å²) in [5, 5.41) is 4.52. The van der Waals surface area contributed by atoms with Gasteiger partial charge >= 0.3 is 0 Å². The Labute approximate surface area is 178 Å². The number of ether oxygens (including phenoxy) is 3. The maximum atomic E-state index is 13.0. The first-order valence-corrected chi connectivity index (χ1v) is 9.39. The average molecular weight is 416 g/mol. The van der Waals surface area contributed by atoms with Crippen molar-refractivity contribution >= 4 is 28.3 Å². The summed E-state index contributed by atoms with van der Waals surface area (Å²) in [5.41, 5.74) is 6.69. The zero-order valence-electron chi connectivity index (χ0n) is 17.0. The van der Waals surface area contributed by atoms with Crippen molar-refractivity contribution in [2.45, 2.75) is 0 Å². The van der Waals surface area contributed by atoms with Gasteiger partial charge in [-0.1, -0.05) is 12.1 Å². The molecule has 8 heteroatoms. The van der Waals surface area contributed by atoms with Crippen LogP contribution in [0.25, 0.3) is 10.8 Å². The number of aromatic nitrogens is 2. The molecule has 0 bridgehead atoms. The fraction of sp³-hybridized carbons (Fsp3) is 0.0870. The standard InChI is InChI=1S/C23H20N4O4/c1-29-17-11-15(12-18(13-17)30-2)26-22(28)20-5-3-4-14-10-16(6-7-19(14)20)31-21-8-9-25-23(24)27-21/h3-13H,1-2H3,(H,26,28)(H2,24,25,27). The number of nitrogens with two attached hydrogens (primary N) is 1. The number of benzene rings is 3. The van der Waals surface area contributed by atoms with Crippen LogP contribution in [-0.4, -0.2) is 30.1 Å². The van der Waals surface area contributed by atoms with Crippen LogP contribution < -0.4 is 25.3 Å². The third-order valence-corrected chi connectivity index (χ3v) is 4.58. The van der Waals surface area contributed by atoms with Gasteiger partial charge in [-0.3, -0.25) is 4.79 Å². The maximum Gasteiger partial charge on any atom is 0.256 e. The first kappa shape index (κ1) is 20.0. The number of amides is 1. The van der Waals surface area contributed by atoms with E-state index in [-0.39, 0.29) is 11.9 Å². The monoisotopic (exact) mass is 416 g/mol. The molecule has 8 nitrogen and oxygen atoms in total. The molecule has 0 atom stereocenters. The van der Waals surface area contributed by atoms with E-state index in [4.69, 9.17) is 19.9 Å². The number of nitrogens with zero attached hydrogens (tertiary/aromatic N) is 2. The number of carbonyl (C=O) groups excluding carboxylic acids is 1. The Balaban J connectivity index is 1.61. The van der Waals surface area contributed by atoms with E-state index in [9.17, 15) is 4.79 Å². The normalized spacial score (nSPS) is 10.5. The van der Waals surface area contributed by atoms with Gasteiger partial charge in [0.25, 0.3) is 5.91 Å². The van der Waals surface area contributed by atoms with Gasteiger partial charge in [0.1, 0.15) is 17.2 Å². The van der Waals surface area contributed by atoms with Crippen molar-refractivity contribution in [1.82, 2.24) is 9.97 Å². The van der Waals surface area contributed by atoms with Crippen molar-refractivity contribution < 1.29 is 19.0 Å². The molecule has 0 aliphatic carbocycles. The minimum atomic E-state index is -0.252. The number of nitrogens with one attached hydrogen (secondary N) is 1. The summed E-state index contributed by atoms with van der Waals surface area (Å²) in [6.07, 6.45) is 1.52. The number of carbonyl (C=O) groups is 1. The van der Waals surface area contributed by atoms with Gasteiger partial charge in [-0.15, -0.1) is 0 Å². The van der Waals surface area contributed by atoms with Crippen LogP contribution in [0, 0.1) is 0 Å². The van der Waals surface area contributed by atoms with Crippen LogP contribution in [0.3, 0.4) is 0 Å². The fourth-order valence-corrected chi connectivity index (χ4v) is 3.14. The second-order valence-corrected chi connectivity index (χ2v) is 6.60. The van der Waals surface area contributed by atoms with Gasteiger partial charge in [-0.25, -0.2) is 4.98 Å². The van der Waals surface area contributed by atoms with Crippen molar-refractivity contribution in [3.8, 4) is 23.1 Å². The van der Waals surface area contributed by atoms with Gasteiger partial charge in [0, 0.05) is 41.7 Å². The van der Waals surface area contributed by atoms with Crippen LogP contribution >= 0.6 is 0 Å². The molecule has 0 saturated carbocycles. The molecule has 4 aromatic rings. The van der Waals surface area contributed by atoms with Crippen LogP contribution in [0.5, 0.6) is 23.1 Å². The highest BCUT2D eigenvalue weighted by Gasteiger charge is 2.13. The molecular formula is C23H20N4O4. The molecule has 0 radical (unpaired) electrons. The molecule has 3 aromatic carbocycles. The topological polar surface area (TPSA) is 109 Å². The van der Waals surface area contributed by atoms with E-state index in [1.807, 2.05) is 24.3 Å². The van der Waals surface area contributed by atoms with E-state index in [0.29, 0.717) is 34.4 Å². The van der Waals surface area contributed by atoms with Gasteiger partial charge in [-0.2, -0.15) is 4.98 Å². The number of rotatable bonds is 6. The Morgan fingerprint density at radius 2 is 1.71 bits per heavy atom. The second kappa shape index (κ2) is 8.58. The lowest BCUT2D eigenvalue weighted by molar-refractivity contribution is 0.102. The van der Waals surface area contributed by atoms with Crippen LogP contribution in [0.2, 0.25) is 0 Å². The zero-order chi connectivity index (χ0) is 21.8. The minimum Gasteiger partial charge on any atom is -0.497 e. The quantitative estimate of drug-likeness (QED) is 0.483. The van der Waals surface area contributed by atoms with E-state index >= 15 is 0 Å². The number of hydrogen-bond donors (Lipinski definition) is 2. The van der Waals surface area contributed by atoms with E-state index in [0.717, 1.165) is 10.8 Å². The number of anilines is 2. The van der Waals surface area contributed by atoms with Crippen molar-refractivity contribution in [2.75, 3.05) is 25.3 Å². The largest absolute Gasteiger partial charge is 0.497 e. The lowest BCUT2D eigenvalue weighted by atomic mass is 10.0. The third-order valence-electron chi connectivity index (χ3n) is 4.58. The molecule has 0 fully saturated rings. The van der Waals surface area contributed by atoms with Gasteiger partial charge < -0.3 is 25.3 Å². The van der Waals surface area contributed by atoms with Gasteiger partial charge in [0.15, 0.2) is 0 Å². The molecule has 3 N–H and O–H groups in total. The van der Waals surface area contributed by atoms with Crippen molar-refractivity contribution in [3.63, 3.8) is 0 Å². The first-order chi connectivity index (χ1) is 15.1. The average Bonchev–Trinajstić information content (AvgIpc) is 2.78. The third kappa shape index (κ3) is 4.48. The van der Waals surface area contributed by atoms with E-state index in [2.05, 4.69) is 15.3 Å². The van der Waals surface area contributed by atoms with E-state index in [1.165, 1.54) is 6.20 Å². The SMILES string of the molecule is COc1cc(NC(=O)c2cccc3cc(Oc4ccnc(N)n4)ccc23)cc(OC)c1.